The molecular formula is C20H20F6N4O4. The highest BCUT2D eigenvalue weighted by Crippen LogP contribution is 2.32. The van der Waals surface area contributed by atoms with E-state index < -0.39 is 35.7 Å². The Bertz CT molecular complexity index is 964. The summed E-state index contributed by atoms with van der Waals surface area (Å²) in [6.45, 7) is 4.06. The first kappa shape index (κ1) is 26.8. The van der Waals surface area contributed by atoms with E-state index in [1.165, 1.54) is 31.3 Å². The van der Waals surface area contributed by atoms with E-state index >= 15 is 0 Å². The Hall–Kier alpha value is -3.42. The summed E-state index contributed by atoms with van der Waals surface area (Å²) < 4.78 is 81.7. The lowest BCUT2D eigenvalue weighted by Gasteiger charge is -2.29. The van der Waals surface area contributed by atoms with E-state index in [4.69, 9.17) is 0 Å². The number of alkyl halides is 6. The molecule has 8 nitrogen and oxygen atoms in total. The number of ether oxygens (including phenoxy) is 2. The van der Waals surface area contributed by atoms with Gasteiger partial charge in [0.15, 0.2) is 5.69 Å². The predicted octanol–water partition coefficient (Wildman–Crippen LogP) is 3.44. The number of hydrogen-bond donors (Lipinski definition) is 1. The van der Waals surface area contributed by atoms with E-state index in [0.717, 1.165) is 12.3 Å². The van der Waals surface area contributed by atoms with Gasteiger partial charge in [-0.1, -0.05) is 0 Å². The number of esters is 2. The lowest BCUT2D eigenvalue weighted by molar-refractivity contribution is -0.291. The fourth-order valence-corrected chi connectivity index (χ4v) is 2.76. The Balaban J connectivity index is 0.000000270. The molecule has 0 aromatic carbocycles. The van der Waals surface area contributed by atoms with Crippen LogP contribution in [0.2, 0.25) is 0 Å². The maximum Gasteiger partial charge on any atom is 0.575 e. The van der Waals surface area contributed by atoms with Gasteiger partial charge in [0.2, 0.25) is 0 Å². The van der Waals surface area contributed by atoms with Crippen molar-refractivity contribution >= 4 is 17.8 Å². The second kappa shape index (κ2) is 11.6. The van der Waals surface area contributed by atoms with Crippen molar-refractivity contribution in [3.8, 4) is 0 Å². The van der Waals surface area contributed by atoms with Crippen LogP contribution in [0.4, 0.5) is 32.2 Å². The molecule has 0 aliphatic carbocycles. The quantitative estimate of drug-likeness (QED) is 0.511. The van der Waals surface area contributed by atoms with Gasteiger partial charge in [0.1, 0.15) is 5.82 Å². The van der Waals surface area contributed by atoms with E-state index in [9.17, 15) is 35.9 Å². The number of halogens is 6. The molecule has 1 saturated heterocycles. The number of rotatable bonds is 4. The molecule has 1 aliphatic rings. The van der Waals surface area contributed by atoms with Crippen molar-refractivity contribution in [3.63, 3.8) is 0 Å². The van der Waals surface area contributed by atoms with E-state index in [2.05, 4.69) is 24.8 Å². The number of aromatic nitrogens is 2. The third-order valence-electron chi connectivity index (χ3n) is 4.19. The topological polar surface area (TPSA) is 93.7 Å². The standard InChI is InChI=1S/C13H16F3N3O2.C7H4F3NO2/c1-2-21-12(20)9-3-4-10(18-11(9)13(14,15)16)19-7-5-17-6-8-19;8-7(9,10)13-6(12)5-2-1-3-11-4-5/h3-4,17H,2,5-8H2,1H3;1-4H. The Labute approximate surface area is 189 Å². The maximum atomic E-state index is 13.1. The summed E-state index contributed by atoms with van der Waals surface area (Å²) in [5.41, 5.74) is -1.99. The van der Waals surface area contributed by atoms with Crippen molar-refractivity contribution in [3.05, 3.63) is 53.5 Å². The molecule has 14 heteroatoms. The van der Waals surface area contributed by atoms with Crippen molar-refractivity contribution in [1.29, 1.82) is 0 Å². The summed E-state index contributed by atoms with van der Waals surface area (Å²) in [4.78, 5) is 31.2. The number of carbonyl (C=O) groups is 2. The van der Waals surface area contributed by atoms with Gasteiger partial charge in [-0.2, -0.15) is 13.2 Å². The van der Waals surface area contributed by atoms with Crippen LogP contribution in [0.15, 0.2) is 36.7 Å². The first-order valence-corrected chi connectivity index (χ1v) is 9.83. The SMILES string of the molecule is CCOC(=O)c1ccc(N2CCNCC2)nc1C(F)(F)F.O=C(OC(F)(F)F)c1cccnc1. The van der Waals surface area contributed by atoms with Gasteiger partial charge in [-0.05, 0) is 31.2 Å². The molecule has 34 heavy (non-hydrogen) atoms. The van der Waals surface area contributed by atoms with E-state index in [1.54, 1.807) is 4.90 Å². The lowest BCUT2D eigenvalue weighted by atomic mass is 10.1. The molecule has 0 bridgehead atoms. The molecular weight excluding hydrogens is 474 g/mol. The maximum absolute atomic E-state index is 13.1. The average molecular weight is 494 g/mol. The summed E-state index contributed by atoms with van der Waals surface area (Å²) in [5.74, 6) is -2.25. The molecule has 0 saturated carbocycles. The molecule has 3 rings (SSSR count). The van der Waals surface area contributed by atoms with Crippen molar-refractivity contribution in [1.82, 2.24) is 15.3 Å². The predicted molar refractivity (Wildman–Crippen MR) is 106 cm³/mol. The summed E-state index contributed by atoms with van der Waals surface area (Å²) >= 11 is 0. The van der Waals surface area contributed by atoms with Crippen LogP contribution in [-0.4, -0.2) is 61.1 Å². The molecule has 0 atom stereocenters. The third-order valence-corrected chi connectivity index (χ3v) is 4.19. The van der Waals surface area contributed by atoms with Gasteiger partial charge in [0.25, 0.3) is 0 Å². The molecule has 1 N–H and O–H groups in total. The van der Waals surface area contributed by atoms with Crippen LogP contribution in [0.3, 0.4) is 0 Å². The van der Waals surface area contributed by atoms with Crippen molar-refractivity contribution < 1.29 is 45.4 Å². The van der Waals surface area contributed by atoms with Gasteiger partial charge in [-0.15, -0.1) is 13.2 Å². The summed E-state index contributed by atoms with van der Waals surface area (Å²) in [6.07, 6.45) is -7.32. The molecule has 1 aliphatic heterocycles. The minimum atomic E-state index is -4.95. The van der Waals surface area contributed by atoms with Crippen LogP contribution in [0, 0.1) is 0 Å². The number of carbonyl (C=O) groups excluding carboxylic acids is 2. The zero-order valence-electron chi connectivity index (χ0n) is 17.7. The Kier molecular flexibility index (Phi) is 9.18. The first-order chi connectivity index (χ1) is 15.9. The number of pyridine rings is 2. The van der Waals surface area contributed by atoms with Crippen LogP contribution < -0.4 is 10.2 Å². The summed E-state index contributed by atoms with van der Waals surface area (Å²) in [7, 11) is 0. The third kappa shape index (κ3) is 8.17. The largest absolute Gasteiger partial charge is 0.575 e. The Morgan fingerprint density at radius 2 is 1.74 bits per heavy atom. The van der Waals surface area contributed by atoms with Gasteiger partial charge in [0, 0.05) is 38.6 Å². The number of piperazine rings is 1. The average Bonchev–Trinajstić information content (AvgIpc) is 2.79. The number of nitrogens with zero attached hydrogens (tertiary/aromatic N) is 3. The number of nitrogens with one attached hydrogen (secondary N) is 1. The van der Waals surface area contributed by atoms with Crippen molar-refractivity contribution in [2.75, 3.05) is 37.7 Å². The molecule has 0 radical (unpaired) electrons. The molecule has 0 spiro atoms. The summed E-state index contributed by atoms with van der Waals surface area (Å²) in [6, 6.07) is 5.08. The second-order valence-corrected chi connectivity index (χ2v) is 6.60. The fraction of sp³-hybridized carbons (Fsp3) is 0.400. The van der Waals surface area contributed by atoms with Crippen LogP contribution in [0.5, 0.6) is 0 Å². The number of anilines is 1. The molecule has 186 valence electrons. The van der Waals surface area contributed by atoms with Crippen molar-refractivity contribution in [2.24, 2.45) is 0 Å². The molecule has 2 aromatic rings. The first-order valence-electron chi connectivity index (χ1n) is 9.83. The van der Waals surface area contributed by atoms with Crippen molar-refractivity contribution in [2.45, 2.75) is 19.5 Å². The van der Waals surface area contributed by atoms with Gasteiger partial charge >= 0.3 is 24.5 Å². The van der Waals surface area contributed by atoms with Gasteiger partial charge in [-0.3, -0.25) is 4.98 Å². The minimum absolute atomic E-state index is 0.00960. The molecule has 0 amide bonds. The van der Waals surface area contributed by atoms with E-state index in [-0.39, 0.29) is 18.0 Å². The second-order valence-electron chi connectivity index (χ2n) is 6.60. The monoisotopic (exact) mass is 494 g/mol. The van der Waals surface area contributed by atoms with Crippen LogP contribution >= 0.6 is 0 Å². The zero-order chi connectivity index (χ0) is 25.4. The van der Waals surface area contributed by atoms with Gasteiger partial charge in [0.05, 0.1) is 17.7 Å². The van der Waals surface area contributed by atoms with Gasteiger partial charge < -0.3 is 19.7 Å². The van der Waals surface area contributed by atoms with E-state index in [1.807, 2.05) is 0 Å². The Morgan fingerprint density at radius 3 is 2.26 bits per heavy atom. The zero-order valence-corrected chi connectivity index (χ0v) is 17.7. The molecule has 1 fully saturated rings. The van der Waals surface area contributed by atoms with E-state index in [0.29, 0.717) is 26.2 Å². The van der Waals surface area contributed by atoms with Gasteiger partial charge in [-0.25, -0.2) is 14.6 Å². The highest BCUT2D eigenvalue weighted by molar-refractivity contribution is 5.91. The van der Waals surface area contributed by atoms with Crippen LogP contribution in [-0.2, 0) is 15.7 Å². The fourth-order valence-electron chi connectivity index (χ4n) is 2.76. The Morgan fingerprint density at radius 1 is 1.06 bits per heavy atom. The smallest absolute Gasteiger partial charge is 0.462 e. The molecule has 2 aromatic heterocycles. The lowest BCUT2D eigenvalue weighted by Crippen LogP contribution is -2.44. The van der Waals surface area contributed by atoms with Crippen LogP contribution in [0.1, 0.15) is 33.3 Å². The van der Waals surface area contributed by atoms with Crippen LogP contribution in [0.25, 0.3) is 0 Å². The highest BCUT2D eigenvalue weighted by Gasteiger charge is 2.38. The summed E-state index contributed by atoms with van der Waals surface area (Å²) in [5, 5.41) is 3.11. The molecule has 3 heterocycles. The molecule has 0 unspecified atom stereocenters. The normalized spacial score (nSPS) is 14.0. The number of hydrogen-bond acceptors (Lipinski definition) is 8. The highest BCUT2D eigenvalue weighted by atomic mass is 19.4. The minimum Gasteiger partial charge on any atom is -0.462 e.